The van der Waals surface area contributed by atoms with Gasteiger partial charge < -0.3 is 5.32 Å². The van der Waals surface area contributed by atoms with Crippen LogP contribution in [0, 0.1) is 5.41 Å². The average Bonchev–Trinajstić information content (AvgIpc) is 2.69. The number of amides is 1. The summed E-state index contributed by atoms with van der Waals surface area (Å²) in [5, 5.41) is 3.11. The van der Waals surface area contributed by atoms with E-state index in [1.807, 2.05) is 24.4 Å². The van der Waals surface area contributed by atoms with Crippen molar-refractivity contribution in [2.24, 2.45) is 5.41 Å². The smallest absolute Gasteiger partial charge is 0.227 e. The number of nitrogens with zero attached hydrogens (tertiary/aromatic N) is 2. The first-order valence-corrected chi connectivity index (χ1v) is 9.72. The Morgan fingerprint density at radius 2 is 1.96 bits per heavy atom. The standard InChI is InChI=1S/C22H27N3O/c1-17-22(11-4-14-24-21(22)26)12-5-15-25(17)16-18-7-9-19(10-8-18)20-6-2-3-13-23-20/h2-3,6-10,13,17H,4-5,11-12,14-16H2,1H3,(H,24,26)/t17-,22-/m0/s1. The SMILES string of the molecule is C[C@@H]1N(Cc2ccc(-c3ccccn3)cc2)CCC[C@@]12CCCNC2=O. The monoisotopic (exact) mass is 349 g/mol. The molecule has 2 aliphatic rings. The number of rotatable bonds is 3. The molecule has 136 valence electrons. The minimum atomic E-state index is -0.190. The number of hydrogen-bond acceptors (Lipinski definition) is 3. The summed E-state index contributed by atoms with van der Waals surface area (Å²) in [5.41, 5.74) is 3.25. The van der Waals surface area contributed by atoms with E-state index in [1.165, 1.54) is 5.56 Å². The predicted molar refractivity (Wildman–Crippen MR) is 103 cm³/mol. The van der Waals surface area contributed by atoms with Crippen LogP contribution in [-0.4, -0.2) is 34.9 Å². The molecular formula is C22H27N3O. The van der Waals surface area contributed by atoms with Crippen LogP contribution in [0.5, 0.6) is 0 Å². The Kier molecular flexibility index (Phi) is 4.77. The Hall–Kier alpha value is -2.20. The van der Waals surface area contributed by atoms with Gasteiger partial charge in [-0.3, -0.25) is 14.7 Å². The van der Waals surface area contributed by atoms with Crippen molar-refractivity contribution in [3.05, 3.63) is 54.2 Å². The molecule has 2 aromatic rings. The van der Waals surface area contributed by atoms with Gasteiger partial charge in [-0.15, -0.1) is 0 Å². The van der Waals surface area contributed by atoms with Gasteiger partial charge in [-0.05, 0) is 56.8 Å². The fraction of sp³-hybridized carbons (Fsp3) is 0.455. The number of carbonyl (C=O) groups is 1. The molecule has 4 heteroatoms. The average molecular weight is 349 g/mol. The number of nitrogens with one attached hydrogen (secondary N) is 1. The van der Waals surface area contributed by atoms with Crippen molar-refractivity contribution in [2.75, 3.05) is 13.1 Å². The van der Waals surface area contributed by atoms with Gasteiger partial charge in [0.1, 0.15) is 0 Å². The van der Waals surface area contributed by atoms with Crippen LogP contribution < -0.4 is 5.32 Å². The normalized spacial score (nSPS) is 26.7. The number of likely N-dealkylation sites (tertiary alicyclic amines) is 1. The minimum Gasteiger partial charge on any atom is -0.356 e. The minimum absolute atomic E-state index is 0.190. The third-order valence-corrected chi connectivity index (χ3v) is 6.25. The molecule has 1 spiro atoms. The van der Waals surface area contributed by atoms with E-state index in [9.17, 15) is 4.79 Å². The molecule has 2 aliphatic heterocycles. The summed E-state index contributed by atoms with van der Waals surface area (Å²) < 4.78 is 0. The second kappa shape index (κ2) is 7.20. The maximum Gasteiger partial charge on any atom is 0.227 e. The molecule has 0 unspecified atom stereocenters. The first-order chi connectivity index (χ1) is 12.7. The third kappa shape index (κ3) is 3.14. The summed E-state index contributed by atoms with van der Waals surface area (Å²) in [7, 11) is 0. The van der Waals surface area contributed by atoms with Gasteiger partial charge in [-0.25, -0.2) is 0 Å². The van der Waals surface area contributed by atoms with Crippen LogP contribution in [0.2, 0.25) is 0 Å². The van der Waals surface area contributed by atoms with Crippen LogP contribution in [0.1, 0.15) is 38.2 Å². The molecule has 3 heterocycles. The highest BCUT2D eigenvalue weighted by Crippen LogP contribution is 2.42. The first kappa shape index (κ1) is 17.2. The van der Waals surface area contributed by atoms with Crippen molar-refractivity contribution in [2.45, 2.75) is 45.2 Å². The van der Waals surface area contributed by atoms with Gasteiger partial charge in [0.25, 0.3) is 0 Å². The molecular weight excluding hydrogens is 322 g/mol. The van der Waals surface area contributed by atoms with E-state index in [2.05, 4.69) is 46.4 Å². The van der Waals surface area contributed by atoms with Crippen molar-refractivity contribution in [1.29, 1.82) is 0 Å². The molecule has 1 aromatic carbocycles. The van der Waals surface area contributed by atoms with Gasteiger partial charge in [0.15, 0.2) is 0 Å². The van der Waals surface area contributed by atoms with E-state index >= 15 is 0 Å². The zero-order chi connectivity index (χ0) is 18.0. The Labute approximate surface area is 155 Å². The van der Waals surface area contributed by atoms with E-state index in [4.69, 9.17) is 0 Å². The van der Waals surface area contributed by atoms with E-state index in [0.717, 1.165) is 56.6 Å². The number of benzene rings is 1. The van der Waals surface area contributed by atoms with Crippen molar-refractivity contribution < 1.29 is 4.79 Å². The summed E-state index contributed by atoms with van der Waals surface area (Å²) in [6.07, 6.45) is 6.07. The maximum absolute atomic E-state index is 12.6. The zero-order valence-corrected chi connectivity index (χ0v) is 15.4. The number of piperidine rings is 2. The molecule has 0 aliphatic carbocycles. The van der Waals surface area contributed by atoms with Crippen molar-refractivity contribution in [3.8, 4) is 11.3 Å². The maximum atomic E-state index is 12.6. The molecule has 0 bridgehead atoms. The predicted octanol–water partition coefficient (Wildman–Crippen LogP) is 3.63. The molecule has 4 nitrogen and oxygen atoms in total. The fourth-order valence-electron chi connectivity index (χ4n) is 4.65. The van der Waals surface area contributed by atoms with E-state index in [1.54, 1.807) is 0 Å². The van der Waals surface area contributed by atoms with E-state index in [0.29, 0.717) is 0 Å². The summed E-state index contributed by atoms with van der Waals surface area (Å²) in [4.78, 5) is 19.5. The van der Waals surface area contributed by atoms with Crippen molar-refractivity contribution >= 4 is 5.91 Å². The van der Waals surface area contributed by atoms with Gasteiger partial charge in [-0.1, -0.05) is 30.3 Å². The lowest BCUT2D eigenvalue weighted by molar-refractivity contribution is -0.142. The van der Waals surface area contributed by atoms with Crippen LogP contribution in [-0.2, 0) is 11.3 Å². The van der Waals surface area contributed by atoms with Crippen LogP contribution in [0.4, 0.5) is 0 Å². The summed E-state index contributed by atoms with van der Waals surface area (Å²) in [6.45, 7) is 5.05. The zero-order valence-electron chi connectivity index (χ0n) is 15.4. The Balaban J connectivity index is 1.49. The van der Waals surface area contributed by atoms with E-state index < -0.39 is 0 Å². The highest BCUT2D eigenvalue weighted by atomic mass is 16.2. The summed E-state index contributed by atoms with van der Waals surface area (Å²) in [6, 6.07) is 15.0. The lowest BCUT2D eigenvalue weighted by Gasteiger charge is -2.49. The quantitative estimate of drug-likeness (QED) is 0.920. The molecule has 4 rings (SSSR count). The van der Waals surface area contributed by atoms with Crippen molar-refractivity contribution in [1.82, 2.24) is 15.2 Å². The van der Waals surface area contributed by atoms with Crippen LogP contribution in [0.15, 0.2) is 48.7 Å². The fourth-order valence-corrected chi connectivity index (χ4v) is 4.65. The second-order valence-corrected chi connectivity index (χ2v) is 7.68. The molecule has 2 atom stereocenters. The van der Waals surface area contributed by atoms with Crippen LogP contribution in [0.3, 0.4) is 0 Å². The Bertz CT molecular complexity index is 755. The van der Waals surface area contributed by atoms with Crippen LogP contribution >= 0.6 is 0 Å². The highest BCUT2D eigenvalue weighted by molar-refractivity contribution is 5.84. The molecule has 0 saturated carbocycles. The molecule has 2 fully saturated rings. The number of aromatic nitrogens is 1. The number of carbonyl (C=O) groups excluding carboxylic acids is 1. The van der Waals surface area contributed by atoms with Crippen LogP contribution in [0.25, 0.3) is 11.3 Å². The van der Waals surface area contributed by atoms with E-state index in [-0.39, 0.29) is 17.4 Å². The second-order valence-electron chi connectivity index (χ2n) is 7.68. The van der Waals surface area contributed by atoms with Gasteiger partial charge in [0.05, 0.1) is 11.1 Å². The van der Waals surface area contributed by atoms with Gasteiger partial charge >= 0.3 is 0 Å². The molecule has 1 aromatic heterocycles. The summed E-state index contributed by atoms with van der Waals surface area (Å²) in [5.74, 6) is 0.270. The Morgan fingerprint density at radius 3 is 2.69 bits per heavy atom. The Morgan fingerprint density at radius 1 is 1.15 bits per heavy atom. The van der Waals surface area contributed by atoms with Crippen molar-refractivity contribution in [3.63, 3.8) is 0 Å². The topological polar surface area (TPSA) is 45.2 Å². The van der Waals surface area contributed by atoms with Gasteiger partial charge in [0.2, 0.25) is 5.91 Å². The molecule has 1 amide bonds. The lowest BCUT2D eigenvalue weighted by Crippen LogP contribution is -2.59. The largest absolute Gasteiger partial charge is 0.356 e. The first-order valence-electron chi connectivity index (χ1n) is 9.72. The molecule has 0 radical (unpaired) electrons. The molecule has 26 heavy (non-hydrogen) atoms. The number of pyridine rings is 1. The molecule has 1 N–H and O–H groups in total. The third-order valence-electron chi connectivity index (χ3n) is 6.25. The van der Waals surface area contributed by atoms with Gasteiger partial charge in [-0.2, -0.15) is 0 Å². The lowest BCUT2D eigenvalue weighted by atomic mass is 9.68. The highest BCUT2D eigenvalue weighted by Gasteiger charge is 2.48. The summed E-state index contributed by atoms with van der Waals surface area (Å²) >= 11 is 0. The number of hydrogen-bond donors (Lipinski definition) is 1. The van der Waals surface area contributed by atoms with Gasteiger partial charge in [0, 0.05) is 30.9 Å². The molecule has 2 saturated heterocycles.